The van der Waals surface area contributed by atoms with Gasteiger partial charge in [-0.2, -0.15) is 0 Å². The minimum absolute atomic E-state index is 0.163. The predicted octanol–water partition coefficient (Wildman–Crippen LogP) is 4.02. The van der Waals surface area contributed by atoms with Gasteiger partial charge in [0.1, 0.15) is 5.82 Å². The number of hydrogen-bond donors (Lipinski definition) is 1. The lowest BCUT2D eigenvalue weighted by Crippen LogP contribution is -2.42. The molecule has 0 aliphatic carbocycles. The topological polar surface area (TPSA) is 15.3 Å². The van der Waals surface area contributed by atoms with Crippen LogP contribution in [-0.4, -0.2) is 25.7 Å². The molecule has 122 valence electrons. The van der Waals surface area contributed by atoms with Crippen molar-refractivity contribution in [2.45, 2.75) is 31.7 Å². The van der Waals surface area contributed by atoms with Crippen LogP contribution in [0.1, 0.15) is 24.8 Å². The van der Waals surface area contributed by atoms with Crippen LogP contribution in [0.3, 0.4) is 0 Å². The third-order valence-electron chi connectivity index (χ3n) is 4.60. The van der Waals surface area contributed by atoms with E-state index in [1.165, 1.54) is 12.0 Å². The number of benzene rings is 2. The first-order chi connectivity index (χ1) is 11.3. The number of rotatable bonds is 6. The Morgan fingerprint density at radius 1 is 0.957 bits per heavy atom. The van der Waals surface area contributed by atoms with Crippen LogP contribution in [0.2, 0.25) is 0 Å². The molecule has 3 rings (SSSR count). The SMILES string of the molecule is Fc1ccc(N2CCC(NCCCc3ccccc3)CC2)cc1. The summed E-state index contributed by atoms with van der Waals surface area (Å²) in [5.74, 6) is -0.163. The second-order valence-corrected chi connectivity index (χ2v) is 6.28. The van der Waals surface area contributed by atoms with Crippen molar-refractivity contribution in [1.29, 1.82) is 0 Å². The highest BCUT2D eigenvalue weighted by Gasteiger charge is 2.18. The largest absolute Gasteiger partial charge is 0.371 e. The first kappa shape index (κ1) is 16.0. The number of piperidine rings is 1. The lowest BCUT2D eigenvalue weighted by atomic mass is 10.0. The maximum atomic E-state index is 13.0. The van der Waals surface area contributed by atoms with Gasteiger partial charge < -0.3 is 10.2 Å². The number of nitrogens with one attached hydrogen (secondary N) is 1. The number of aryl methyl sites for hydroxylation is 1. The van der Waals surface area contributed by atoms with Crippen LogP contribution in [0.4, 0.5) is 10.1 Å². The van der Waals surface area contributed by atoms with Crippen LogP contribution >= 0.6 is 0 Å². The number of anilines is 1. The Labute approximate surface area is 138 Å². The zero-order valence-electron chi connectivity index (χ0n) is 13.5. The van der Waals surface area contributed by atoms with Crippen molar-refractivity contribution in [1.82, 2.24) is 5.32 Å². The van der Waals surface area contributed by atoms with Crippen molar-refractivity contribution < 1.29 is 4.39 Å². The van der Waals surface area contributed by atoms with Gasteiger partial charge in [-0.3, -0.25) is 0 Å². The van der Waals surface area contributed by atoms with E-state index in [1.54, 1.807) is 12.1 Å². The Kier molecular flexibility index (Phi) is 5.65. The van der Waals surface area contributed by atoms with E-state index >= 15 is 0 Å². The summed E-state index contributed by atoms with van der Waals surface area (Å²) in [6.45, 7) is 3.17. The van der Waals surface area contributed by atoms with Gasteiger partial charge in [0.2, 0.25) is 0 Å². The van der Waals surface area contributed by atoms with Crippen LogP contribution in [0.5, 0.6) is 0 Å². The van der Waals surface area contributed by atoms with Gasteiger partial charge in [0, 0.05) is 24.8 Å². The fourth-order valence-corrected chi connectivity index (χ4v) is 3.24. The molecule has 0 amide bonds. The van der Waals surface area contributed by atoms with Crippen molar-refractivity contribution in [3.63, 3.8) is 0 Å². The van der Waals surface area contributed by atoms with Gasteiger partial charge in [-0.15, -0.1) is 0 Å². The molecule has 0 atom stereocenters. The summed E-state index contributed by atoms with van der Waals surface area (Å²) in [7, 11) is 0. The Morgan fingerprint density at radius 3 is 2.35 bits per heavy atom. The quantitative estimate of drug-likeness (QED) is 0.811. The highest BCUT2D eigenvalue weighted by atomic mass is 19.1. The third kappa shape index (κ3) is 4.80. The Hall–Kier alpha value is -1.87. The molecule has 0 aromatic heterocycles. The summed E-state index contributed by atoms with van der Waals surface area (Å²) in [4.78, 5) is 2.35. The Morgan fingerprint density at radius 2 is 1.65 bits per heavy atom. The van der Waals surface area contributed by atoms with Gasteiger partial charge in [-0.1, -0.05) is 30.3 Å². The summed E-state index contributed by atoms with van der Waals surface area (Å²) < 4.78 is 13.0. The van der Waals surface area contributed by atoms with E-state index in [2.05, 4.69) is 40.5 Å². The van der Waals surface area contributed by atoms with E-state index in [-0.39, 0.29) is 5.82 Å². The monoisotopic (exact) mass is 312 g/mol. The molecule has 1 N–H and O–H groups in total. The molecule has 2 nitrogen and oxygen atoms in total. The number of hydrogen-bond acceptors (Lipinski definition) is 2. The highest BCUT2D eigenvalue weighted by molar-refractivity contribution is 5.46. The van der Waals surface area contributed by atoms with Crippen LogP contribution in [0.15, 0.2) is 54.6 Å². The molecule has 0 bridgehead atoms. The molecule has 0 radical (unpaired) electrons. The molecule has 1 aliphatic rings. The Balaban J connectivity index is 1.35. The normalized spacial score (nSPS) is 15.8. The summed E-state index contributed by atoms with van der Waals surface area (Å²) in [6.07, 6.45) is 4.63. The first-order valence-electron chi connectivity index (χ1n) is 8.59. The molecule has 1 heterocycles. The molecule has 1 aliphatic heterocycles. The van der Waals surface area contributed by atoms with Crippen molar-refractivity contribution in [2.75, 3.05) is 24.5 Å². The van der Waals surface area contributed by atoms with Crippen molar-refractivity contribution in [3.05, 3.63) is 66.0 Å². The van der Waals surface area contributed by atoms with Crippen molar-refractivity contribution >= 4 is 5.69 Å². The molecule has 2 aromatic carbocycles. The maximum Gasteiger partial charge on any atom is 0.123 e. The zero-order valence-corrected chi connectivity index (χ0v) is 13.5. The summed E-state index contributed by atoms with van der Waals surface area (Å²) in [6, 6.07) is 18.1. The van der Waals surface area contributed by atoms with E-state index in [0.717, 1.165) is 44.6 Å². The number of halogens is 1. The summed E-state index contributed by atoms with van der Waals surface area (Å²) >= 11 is 0. The van der Waals surface area contributed by atoms with Gasteiger partial charge >= 0.3 is 0 Å². The zero-order chi connectivity index (χ0) is 15.9. The average molecular weight is 312 g/mol. The predicted molar refractivity (Wildman–Crippen MR) is 94.4 cm³/mol. The van der Waals surface area contributed by atoms with Crippen LogP contribution in [0.25, 0.3) is 0 Å². The molecule has 0 saturated carbocycles. The minimum Gasteiger partial charge on any atom is -0.371 e. The molecule has 0 unspecified atom stereocenters. The van der Waals surface area contributed by atoms with E-state index in [1.807, 2.05) is 12.1 Å². The molecule has 2 aromatic rings. The first-order valence-corrected chi connectivity index (χ1v) is 8.59. The number of nitrogens with zero attached hydrogens (tertiary/aromatic N) is 1. The van der Waals surface area contributed by atoms with Crippen molar-refractivity contribution in [3.8, 4) is 0 Å². The van der Waals surface area contributed by atoms with Gasteiger partial charge in [0.25, 0.3) is 0 Å². The molecule has 23 heavy (non-hydrogen) atoms. The second-order valence-electron chi connectivity index (χ2n) is 6.28. The van der Waals surface area contributed by atoms with Crippen molar-refractivity contribution in [2.24, 2.45) is 0 Å². The highest BCUT2D eigenvalue weighted by Crippen LogP contribution is 2.20. The van der Waals surface area contributed by atoms with Gasteiger partial charge in [0.05, 0.1) is 0 Å². The lowest BCUT2D eigenvalue weighted by Gasteiger charge is -2.34. The molecule has 3 heteroatoms. The molecule has 1 saturated heterocycles. The lowest BCUT2D eigenvalue weighted by molar-refractivity contribution is 0.413. The third-order valence-corrected chi connectivity index (χ3v) is 4.60. The fraction of sp³-hybridized carbons (Fsp3) is 0.400. The van der Waals surface area contributed by atoms with Gasteiger partial charge in [-0.05, 0) is 62.1 Å². The van der Waals surface area contributed by atoms with E-state index in [9.17, 15) is 4.39 Å². The van der Waals surface area contributed by atoms with Crippen LogP contribution in [0, 0.1) is 5.82 Å². The maximum absolute atomic E-state index is 13.0. The fourth-order valence-electron chi connectivity index (χ4n) is 3.24. The van der Waals surface area contributed by atoms with Crippen LogP contribution < -0.4 is 10.2 Å². The van der Waals surface area contributed by atoms with Crippen LogP contribution in [-0.2, 0) is 6.42 Å². The Bertz CT molecular complexity index is 574. The summed E-state index contributed by atoms with van der Waals surface area (Å²) in [5, 5.41) is 3.69. The molecule has 1 fully saturated rings. The standard InChI is InChI=1S/C20H25FN2/c21-18-8-10-20(11-9-18)23-15-12-19(13-16-23)22-14-4-7-17-5-2-1-3-6-17/h1-3,5-6,8-11,19,22H,4,7,12-16H2. The van der Waals surface area contributed by atoms with E-state index in [4.69, 9.17) is 0 Å². The smallest absolute Gasteiger partial charge is 0.123 e. The van der Waals surface area contributed by atoms with E-state index in [0.29, 0.717) is 6.04 Å². The molecular weight excluding hydrogens is 287 g/mol. The van der Waals surface area contributed by atoms with Gasteiger partial charge in [-0.25, -0.2) is 4.39 Å². The summed E-state index contributed by atoms with van der Waals surface area (Å²) in [5.41, 5.74) is 2.55. The second kappa shape index (κ2) is 8.11. The average Bonchev–Trinajstić information content (AvgIpc) is 2.61. The molecule has 0 spiro atoms. The minimum atomic E-state index is -0.163. The van der Waals surface area contributed by atoms with E-state index < -0.39 is 0 Å². The molecular formula is C20H25FN2. The van der Waals surface area contributed by atoms with Gasteiger partial charge in [0.15, 0.2) is 0 Å².